The van der Waals surface area contributed by atoms with E-state index in [0.717, 1.165) is 34.6 Å². The Balaban J connectivity index is 1.71. The fourth-order valence-electron chi connectivity index (χ4n) is 4.62. The lowest BCUT2D eigenvalue weighted by molar-refractivity contribution is 0.134. The molecule has 0 saturated heterocycles. The van der Waals surface area contributed by atoms with Crippen molar-refractivity contribution in [2.45, 2.75) is 66.0 Å². The Morgan fingerprint density at radius 2 is 1.76 bits per heavy atom. The number of aryl methyl sites for hydroxylation is 3. The molecule has 0 bridgehead atoms. The number of aromatic nitrogens is 3. The van der Waals surface area contributed by atoms with Gasteiger partial charge in [0.15, 0.2) is 17.4 Å². The molecule has 0 radical (unpaired) electrons. The van der Waals surface area contributed by atoms with Crippen molar-refractivity contribution in [3.63, 3.8) is 0 Å². The molecule has 224 valence electrons. The van der Waals surface area contributed by atoms with Gasteiger partial charge in [-0.25, -0.2) is 18.4 Å². The van der Waals surface area contributed by atoms with Gasteiger partial charge in [0.1, 0.15) is 11.6 Å². The molecule has 0 aliphatic carbocycles. The van der Waals surface area contributed by atoms with E-state index in [1.807, 2.05) is 50.9 Å². The van der Waals surface area contributed by atoms with Crippen molar-refractivity contribution < 1.29 is 22.4 Å². The van der Waals surface area contributed by atoms with Crippen molar-refractivity contribution in [2.24, 2.45) is 0 Å². The van der Waals surface area contributed by atoms with Crippen LogP contribution >= 0.6 is 0 Å². The standard InChI is InChI=1S/C31H39N5O5S/c1-8-16-40-29-21(4)32-23(6)33-31(29)36(7)18-24-14-15-26(25(17-24)19-39-9-2)27-12-10-11-13-28(27)42(37,38)35-30-20(3)22(5)41-34-30/h10-15,17H,8-9,16,18-19H2,1-7H3,(H,34,35). The maximum atomic E-state index is 13.6. The first-order valence-corrected chi connectivity index (χ1v) is 15.5. The van der Waals surface area contributed by atoms with E-state index >= 15 is 0 Å². The quantitative estimate of drug-likeness (QED) is 0.195. The third-order valence-corrected chi connectivity index (χ3v) is 8.24. The highest BCUT2D eigenvalue weighted by atomic mass is 32.2. The van der Waals surface area contributed by atoms with Gasteiger partial charge in [0.25, 0.3) is 10.0 Å². The monoisotopic (exact) mass is 593 g/mol. The molecule has 0 saturated carbocycles. The van der Waals surface area contributed by atoms with Crippen LogP contribution in [0.1, 0.15) is 54.2 Å². The summed E-state index contributed by atoms with van der Waals surface area (Å²) in [6, 6.07) is 12.9. The second-order valence-electron chi connectivity index (χ2n) is 10.2. The zero-order valence-electron chi connectivity index (χ0n) is 25.3. The Hall–Kier alpha value is -3.96. The Kier molecular flexibility index (Phi) is 9.85. The van der Waals surface area contributed by atoms with Crippen LogP contribution in [0.5, 0.6) is 5.75 Å². The van der Waals surface area contributed by atoms with Gasteiger partial charge in [-0.2, -0.15) is 0 Å². The maximum absolute atomic E-state index is 13.6. The number of benzene rings is 2. The molecule has 42 heavy (non-hydrogen) atoms. The highest BCUT2D eigenvalue weighted by Gasteiger charge is 2.24. The van der Waals surface area contributed by atoms with Gasteiger partial charge in [-0.15, -0.1) is 0 Å². The number of anilines is 2. The maximum Gasteiger partial charge on any atom is 0.263 e. The number of rotatable bonds is 13. The van der Waals surface area contributed by atoms with Crippen LogP contribution < -0.4 is 14.4 Å². The van der Waals surface area contributed by atoms with Crippen LogP contribution in [0.3, 0.4) is 0 Å². The van der Waals surface area contributed by atoms with Crippen LogP contribution in [0.15, 0.2) is 51.9 Å². The molecular weight excluding hydrogens is 554 g/mol. The summed E-state index contributed by atoms with van der Waals surface area (Å²) < 4.78 is 46.7. The second kappa shape index (κ2) is 13.3. The third kappa shape index (κ3) is 6.91. The molecule has 0 unspecified atom stereocenters. The van der Waals surface area contributed by atoms with E-state index < -0.39 is 10.0 Å². The van der Waals surface area contributed by atoms with Crippen molar-refractivity contribution in [3.05, 3.63) is 76.4 Å². The van der Waals surface area contributed by atoms with E-state index in [4.69, 9.17) is 14.0 Å². The third-order valence-electron chi connectivity index (χ3n) is 6.85. The lowest BCUT2D eigenvalue weighted by atomic mass is 9.97. The summed E-state index contributed by atoms with van der Waals surface area (Å²) in [5, 5.41) is 3.88. The molecule has 0 fully saturated rings. The van der Waals surface area contributed by atoms with Crippen LogP contribution in [0.2, 0.25) is 0 Å². The number of nitrogens with one attached hydrogen (secondary N) is 1. The molecule has 2 aromatic heterocycles. The first-order valence-electron chi connectivity index (χ1n) is 14.0. The van der Waals surface area contributed by atoms with Gasteiger partial charge in [0.2, 0.25) is 0 Å². The molecule has 0 atom stereocenters. The van der Waals surface area contributed by atoms with Crippen LogP contribution in [0.25, 0.3) is 11.1 Å². The lowest BCUT2D eigenvalue weighted by Crippen LogP contribution is -2.20. The lowest BCUT2D eigenvalue weighted by Gasteiger charge is -2.23. The predicted octanol–water partition coefficient (Wildman–Crippen LogP) is 6.13. The van der Waals surface area contributed by atoms with Crippen molar-refractivity contribution in [1.82, 2.24) is 15.1 Å². The van der Waals surface area contributed by atoms with Gasteiger partial charge in [-0.3, -0.25) is 4.72 Å². The van der Waals surface area contributed by atoms with E-state index in [9.17, 15) is 8.42 Å². The number of hydrogen-bond donors (Lipinski definition) is 1. The first-order chi connectivity index (χ1) is 20.1. The van der Waals surface area contributed by atoms with Crippen molar-refractivity contribution in [1.29, 1.82) is 0 Å². The molecule has 0 spiro atoms. The van der Waals surface area contributed by atoms with Crippen molar-refractivity contribution in [2.75, 3.05) is 29.9 Å². The minimum Gasteiger partial charge on any atom is -0.488 e. The number of nitrogens with zero attached hydrogens (tertiary/aromatic N) is 4. The molecule has 10 nitrogen and oxygen atoms in total. The summed E-state index contributed by atoms with van der Waals surface area (Å²) in [4.78, 5) is 11.3. The number of ether oxygens (including phenoxy) is 2. The Bertz CT molecular complexity index is 1650. The molecular formula is C31H39N5O5S. The van der Waals surface area contributed by atoms with Crippen molar-refractivity contribution >= 4 is 21.7 Å². The fraction of sp³-hybridized carbons (Fsp3) is 0.387. The Morgan fingerprint density at radius 3 is 2.45 bits per heavy atom. The molecule has 1 N–H and O–H groups in total. The highest BCUT2D eigenvalue weighted by Crippen LogP contribution is 2.34. The zero-order chi connectivity index (χ0) is 30.4. The van der Waals surface area contributed by atoms with E-state index in [1.54, 1.807) is 32.0 Å². The van der Waals surface area contributed by atoms with Crippen LogP contribution in [0.4, 0.5) is 11.6 Å². The summed E-state index contributed by atoms with van der Waals surface area (Å²) in [5.74, 6) is 2.81. The molecule has 0 aliphatic heterocycles. The number of sulfonamides is 1. The molecule has 2 heterocycles. The highest BCUT2D eigenvalue weighted by molar-refractivity contribution is 7.92. The van der Waals surface area contributed by atoms with E-state index in [0.29, 0.717) is 54.8 Å². The Morgan fingerprint density at radius 1 is 1.00 bits per heavy atom. The second-order valence-corrected chi connectivity index (χ2v) is 11.8. The molecule has 2 aromatic carbocycles. The fourth-order valence-corrected chi connectivity index (χ4v) is 5.90. The topological polar surface area (TPSA) is 120 Å². The normalized spacial score (nSPS) is 11.5. The van der Waals surface area contributed by atoms with Gasteiger partial charge in [0.05, 0.1) is 23.8 Å². The molecule has 0 amide bonds. The van der Waals surface area contributed by atoms with Crippen LogP contribution in [-0.4, -0.2) is 43.8 Å². The van der Waals surface area contributed by atoms with Gasteiger partial charge in [-0.1, -0.05) is 48.5 Å². The molecule has 0 aliphatic rings. The van der Waals surface area contributed by atoms with E-state index in [2.05, 4.69) is 32.8 Å². The molecule has 11 heteroatoms. The van der Waals surface area contributed by atoms with Gasteiger partial charge < -0.3 is 18.9 Å². The average Bonchev–Trinajstić information content (AvgIpc) is 3.27. The van der Waals surface area contributed by atoms with Gasteiger partial charge in [-0.05, 0) is 63.8 Å². The summed E-state index contributed by atoms with van der Waals surface area (Å²) in [7, 11) is -2.00. The summed E-state index contributed by atoms with van der Waals surface area (Å²) >= 11 is 0. The van der Waals surface area contributed by atoms with Crippen molar-refractivity contribution in [3.8, 4) is 16.9 Å². The van der Waals surface area contributed by atoms with Crippen LogP contribution in [0, 0.1) is 27.7 Å². The average molecular weight is 594 g/mol. The summed E-state index contributed by atoms with van der Waals surface area (Å²) in [5.41, 5.74) is 4.65. The smallest absolute Gasteiger partial charge is 0.263 e. The summed E-state index contributed by atoms with van der Waals surface area (Å²) in [6.07, 6.45) is 0.878. The minimum absolute atomic E-state index is 0.136. The first kappa shape index (κ1) is 31.0. The minimum atomic E-state index is -3.97. The predicted molar refractivity (Wildman–Crippen MR) is 163 cm³/mol. The Labute approximate surface area is 248 Å². The molecule has 4 rings (SSSR count). The van der Waals surface area contributed by atoms with E-state index in [1.165, 1.54) is 0 Å². The number of hydrogen-bond acceptors (Lipinski definition) is 9. The van der Waals surface area contributed by atoms with Gasteiger partial charge >= 0.3 is 0 Å². The van der Waals surface area contributed by atoms with Crippen LogP contribution in [-0.2, 0) is 27.9 Å². The summed E-state index contributed by atoms with van der Waals surface area (Å²) in [6.45, 7) is 13.2. The van der Waals surface area contributed by atoms with Gasteiger partial charge in [0, 0.05) is 31.3 Å². The largest absolute Gasteiger partial charge is 0.488 e. The zero-order valence-corrected chi connectivity index (χ0v) is 26.1. The SMILES string of the molecule is CCCOc1c(C)nc(C)nc1N(C)Cc1ccc(-c2ccccc2S(=O)(=O)Nc2noc(C)c2C)c(COCC)c1. The molecule has 4 aromatic rings. The van der Waals surface area contributed by atoms with E-state index in [-0.39, 0.29) is 10.7 Å².